The summed E-state index contributed by atoms with van der Waals surface area (Å²) in [6, 6.07) is 6.82. The maximum Gasteiger partial charge on any atom is 0.411 e. The molecule has 0 bridgehead atoms. The number of hydrogen-bond acceptors (Lipinski definition) is 8. The van der Waals surface area contributed by atoms with Gasteiger partial charge in [-0.05, 0) is 38.3 Å². The minimum Gasteiger partial charge on any atom is -0.447 e. The van der Waals surface area contributed by atoms with Crippen LogP contribution in [-0.4, -0.2) is 58.2 Å². The topological polar surface area (TPSA) is 120 Å². The maximum atomic E-state index is 12.7. The fraction of sp³-hybridized carbons (Fsp3) is 0.350. The molecular formula is C20H24N6O4S. The summed E-state index contributed by atoms with van der Waals surface area (Å²) in [6.45, 7) is 4.21. The van der Waals surface area contributed by atoms with Crippen LogP contribution in [0.2, 0.25) is 0 Å². The number of carbonyl (C=O) groups is 2. The lowest BCUT2D eigenvalue weighted by molar-refractivity contribution is -0.115. The van der Waals surface area contributed by atoms with E-state index in [1.165, 1.54) is 18.9 Å². The molecule has 0 atom stereocenters. The number of rotatable bonds is 8. The van der Waals surface area contributed by atoms with Gasteiger partial charge in [-0.3, -0.25) is 10.1 Å². The first-order valence-electron chi connectivity index (χ1n) is 9.50. The standard InChI is InChI=1S/C20H24N6O4S/c1-12-16(13(2)26-18(21-12)24-19(25-26)31-4)11-17(27)22-14-6-5-7-15(10-14)23-20(28)30-9-8-29-3/h5-7,10H,8-9,11H2,1-4H3,(H,22,27)(H,23,28). The third-order valence-electron chi connectivity index (χ3n) is 4.46. The van der Waals surface area contributed by atoms with Gasteiger partial charge in [-0.1, -0.05) is 17.8 Å². The zero-order valence-corrected chi connectivity index (χ0v) is 18.6. The number of anilines is 2. The van der Waals surface area contributed by atoms with Crippen molar-refractivity contribution in [2.45, 2.75) is 25.4 Å². The first-order chi connectivity index (χ1) is 14.9. The molecule has 31 heavy (non-hydrogen) atoms. The second-order valence-corrected chi connectivity index (χ2v) is 7.40. The summed E-state index contributed by atoms with van der Waals surface area (Å²) < 4.78 is 11.5. The molecule has 2 heterocycles. The molecule has 0 spiro atoms. The van der Waals surface area contributed by atoms with Crippen LogP contribution in [-0.2, 0) is 20.7 Å². The van der Waals surface area contributed by atoms with Gasteiger partial charge in [0.1, 0.15) is 6.61 Å². The molecule has 0 radical (unpaired) electrons. The van der Waals surface area contributed by atoms with Crippen LogP contribution in [0.4, 0.5) is 16.2 Å². The van der Waals surface area contributed by atoms with Crippen LogP contribution < -0.4 is 10.6 Å². The Bertz CT molecular complexity index is 1100. The highest BCUT2D eigenvalue weighted by Gasteiger charge is 2.16. The fourth-order valence-corrected chi connectivity index (χ4v) is 3.28. The van der Waals surface area contributed by atoms with Crippen LogP contribution in [0.3, 0.4) is 0 Å². The average molecular weight is 445 g/mol. The van der Waals surface area contributed by atoms with Gasteiger partial charge in [0.15, 0.2) is 0 Å². The van der Waals surface area contributed by atoms with Gasteiger partial charge in [-0.15, -0.1) is 5.10 Å². The molecule has 2 aromatic heterocycles. The monoisotopic (exact) mass is 444 g/mol. The number of amides is 2. The second kappa shape index (κ2) is 10.2. The predicted octanol–water partition coefficient (Wildman–Crippen LogP) is 2.84. The quantitative estimate of drug-likeness (QED) is 0.402. The van der Waals surface area contributed by atoms with Crippen molar-refractivity contribution in [2.24, 2.45) is 0 Å². The van der Waals surface area contributed by atoms with E-state index >= 15 is 0 Å². The van der Waals surface area contributed by atoms with Gasteiger partial charge in [0, 0.05) is 35.4 Å². The number of aryl methyl sites for hydroxylation is 2. The molecule has 164 valence electrons. The van der Waals surface area contributed by atoms with Crippen LogP contribution in [0, 0.1) is 13.8 Å². The lowest BCUT2D eigenvalue weighted by Crippen LogP contribution is -2.18. The van der Waals surface area contributed by atoms with E-state index in [-0.39, 0.29) is 18.9 Å². The number of nitrogens with one attached hydrogen (secondary N) is 2. The highest BCUT2D eigenvalue weighted by atomic mass is 32.2. The summed E-state index contributed by atoms with van der Waals surface area (Å²) in [7, 11) is 1.53. The molecule has 0 saturated carbocycles. The van der Waals surface area contributed by atoms with E-state index in [0.29, 0.717) is 28.9 Å². The maximum absolute atomic E-state index is 12.7. The number of fused-ring (bicyclic) bond motifs is 1. The number of carbonyl (C=O) groups excluding carboxylic acids is 2. The lowest BCUT2D eigenvalue weighted by Gasteiger charge is -2.12. The summed E-state index contributed by atoms with van der Waals surface area (Å²) in [5.41, 5.74) is 3.39. The summed E-state index contributed by atoms with van der Waals surface area (Å²) in [5.74, 6) is 0.303. The normalized spacial score (nSPS) is 10.8. The Balaban J connectivity index is 1.68. The SMILES string of the molecule is COCCOC(=O)Nc1cccc(NC(=O)Cc2c(C)nc3nc(SC)nn3c2C)c1. The highest BCUT2D eigenvalue weighted by Crippen LogP contribution is 2.19. The van der Waals surface area contributed by atoms with Crippen molar-refractivity contribution in [2.75, 3.05) is 37.2 Å². The molecule has 0 aliphatic carbocycles. The number of methoxy groups -OCH3 is 1. The highest BCUT2D eigenvalue weighted by molar-refractivity contribution is 7.98. The van der Waals surface area contributed by atoms with Crippen LogP contribution in [0.25, 0.3) is 5.78 Å². The molecule has 2 amide bonds. The van der Waals surface area contributed by atoms with E-state index in [4.69, 9.17) is 9.47 Å². The van der Waals surface area contributed by atoms with E-state index in [1.807, 2.05) is 20.1 Å². The molecule has 2 N–H and O–H groups in total. The molecular weight excluding hydrogens is 420 g/mol. The van der Waals surface area contributed by atoms with Gasteiger partial charge in [0.2, 0.25) is 11.1 Å². The Hall–Kier alpha value is -3.18. The van der Waals surface area contributed by atoms with Crippen molar-refractivity contribution in [3.8, 4) is 0 Å². The number of hydrogen-bond donors (Lipinski definition) is 2. The lowest BCUT2D eigenvalue weighted by atomic mass is 10.1. The summed E-state index contributed by atoms with van der Waals surface area (Å²) in [5, 5.41) is 10.5. The number of thioether (sulfide) groups is 1. The van der Waals surface area contributed by atoms with Gasteiger partial charge < -0.3 is 14.8 Å². The van der Waals surface area contributed by atoms with Gasteiger partial charge in [-0.2, -0.15) is 4.98 Å². The van der Waals surface area contributed by atoms with E-state index in [0.717, 1.165) is 17.0 Å². The Morgan fingerprint density at radius 1 is 1.13 bits per heavy atom. The largest absolute Gasteiger partial charge is 0.447 e. The zero-order valence-electron chi connectivity index (χ0n) is 17.8. The van der Waals surface area contributed by atoms with Crippen LogP contribution in [0.15, 0.2) is 29.4 Å². The van der Waals surface area contributed by atoms with Gasteiger partial charge in [0.25, 0.3) is 5.78 Å². The Kier molecular flexibility index (Phi) is 7.42. The van der Waals surface area contributed by atoms with Gasteiger partial charge in [-0.25, -0.2) is 14.3 Å². The van der Waals surface area contributed by atoms with Crippen molar-refractivity contribution < 1.29 is 19.1 Å². The molecule has 0 fully saturated rings. The minimum absolute atomic E-state index is 0.131. The van der Waals surface area contributed by atoms with E-state index < -0.39 is 6.09 Å². The summed E-state index contributed by atoms with van der Waals surface area (Å²) >= 11 is 1.43. The fourth-order valence-electron chi connectivity index (χ4n) is 2.94. The molecule has 3 aromatic rings. The smallest absolute Gasteiger partial charge is 0.411 e. The molecule has 3 rings (SSSR count). The van der Waals surface area contributed by atoms with Crippen molar-refractivity contribution in [1.82, 2.24) is 19.6 Å². The first kappa shape index (κ1) is 22.5. The van der Waals surface area contributed by atoms with E-state index in [2.05, 4.69) is 25.7 Å². The zero-order chi connectivity index (χ0) is 22.4. The predicted molar refractivity (Wildman–Crippen MR) is 118 cm³/mol. The van der Waals surface area contributed by atoms with Crippen molar-refractivity contribution in [1.29, 1.82) is 0 Å². The molecule has 10 nitrogen and oxygen atoms in total. The molecule has 0 saturated heterocycles. The summed E-state index contributed by atoms with van der Waals surface area (Å²) in [6.07, 6.45) is 1.43. The van der Waals surface area contributed by atoms with E-state index in [9.17, 15) is 9.59 Å². The minimum atomic E-state index is -0.594. The Morgan fingerprint density at radius 3 is 2.58 bits per heavy atom. The second-order valence-electron chi connectivity index (χ2n) is 6.63. The number of nitrogens with zero attached hydrogens (tertiary/aromatic N) is 4. The molecule has 11 heteroatoms. The third-order valence-corrected chi connectivity index (χ3v) is 5.00. The Labute approximate surface area is 183 Å². The summed E-state index contributed by atoms with van der Waals surface area (Å²) in [4.78, 5) is 33.3. The molecule has 1 aromatic carbocycles. The van der Waals surface area contributed by atoms with Crippen LogP contribution in [0.5, 0.6) is 0 Å². The number of ether oxygens (including phenoxy) is 2. The van der Waals surface area contributed by atoms with Gasteiger partial charge in [0.05, 0.1) is 13.0 Å². The van der Waals surface area contributed by atoms with Crippen molar-refractivity contribution in [3.63, 3.8) is 0 Å². The average Bonchev–Trinajstić information content (AvgIpc) is 3.15. The van der Waals surface area contributed by atoms with Crippen LogP contribution in [0.1, 0.15) is 17.0 Å². The van der Waals surface area contributed by atoms with E-state index in [1.54, 1.807) is 28.8 Å². The molecule has 0 aliphatic heterocycles. The van der Waals surface area contributed by atoms with Crippen molar-refractivity contribution in [3.05, 3.63) is 41.2 Å². The molecule has 0 aliphatic rings. The molecule has 0 unspecified atom stereocenters. The van der Waals surface area contributed by atoms with Crippen LogP contribution >= 0.6 is 11.8 Å². The number of aromatic nitrogens is 4. The van der Waals surface area contributed by atoms with Gasteiger partial charge >= 0.3 is 6.09 Å². The third kappa shape index (κ3) is 5.70. The Morgan fingerprint density at radius 2 is 1.87 bits per heavy atom. The first-order valence-corrected chi connectivity index (χ1v) is 10.7. The van der Waals surface area contributed by atoms with Crippen molar-refractivity contribution >= 4 is 40.9 Å². The number of benzene rings is 1.